The average molecular weight is 280 g/mol. The van der Waals surface area contributed by atoms with Gasteiger partial charge in [-0.1, -0.05) is 35.5 Å². The van der Waals surface area contributed by atoms with E-state index in [-0.39, 0.29) is 5.92 Å². The van der Waals surface area contributed by atoms with Crippen LogP contribution in [0.4, 0.5) is 0 Å². The van der Waals surface area contributed by atoms with E-state index in [4.69, 9.17) is 10.3 Å². The van der Waals surface area contributed by atoms with Gasteiger partial charge in [0.1, 0.15) is 5.69 Å². The fourth-order valence-electron chi connectivity index (χ4n) is 2.20. The molecule has 0 aliphatic rings. The topological polar surface area (TPSA) is 77.8 Å². The Hall–Kier alpha value is -2.53. The van der Waals surface area contributed by atoms with Crippen LogP contribution in [-0.2, 0) is 0 Å². The Morgan fingerprint density at radius 2 is 2.00 bits per heavy atom. The Morgan fingerprint density at radius 3 is 2.71 bits per heavy atom. The van der Waals surface area contributed by atoms with E-state index in [1.54, 1.807) is 6.20 Å². The molecule has 0 amide bonds. The second kappa shape index (κ2) is 5.85. The van der Waals surface area contributed by atoms with E-state index in [1.165, 1.54) is 0 Å². The Kier molecular flexibility index (Phi) is 3.75. The first-order valence-corrected chi connectivity index (χ1v) is 6.79. The number of aromatic nitrogens is 3. The number of nitrogens with zero attached hydrogens (tertiary/aromatic N) is 3. The van der Waals surface area contributed by atoms with E-state index >= 15 is 0 Å². The molecule has 0 fully saturated rings. The molecule has 1 aromatic carbocycles. The zero-order chi connectivity index (χ0) is 14.7. The normalized spacial score (nSPS) is 12.3. The van der Waals surface area contributed by atoms with Gasteiger partial charge in [-0.15, -0.1) is 0 Å². The van der Waals surface area contributed by atoms with Gasteiger partial charge in [-0.2, -0.15) is 4.98 Å². The fraction of sp³-hybridized carbons (Fsp3) is 0.188. The highest BCUT2D eigenvalue weighted by atomic mass is 16.5. The number of nitrogens with two attached hydrogens (primary N) is 1. The van der Waals surface area contributed by atoms with Crippen molar-refractivity contribution in [2.24, 2.45) is 5.73 Å². The van der Waals surface area contributed by atoms with Crippen LogP contribution in [0.15, 0.2) is 53.2 Å². The highest BCUT2D eigenvalue weighted by Crippen LogP contribution is 2.24. The minimum atomic E-state index is -0.0998. The maximum atomic E-state index is 5.87. The number of hydrogen-bond donors (Lipinski definition) is 1. The van der Waals surface area contributed by atoms with E-state index in [2.05, 4.69) is 15.1 Å². The molecule has 0 aliphatic heterocycles. The summed E-state index contributed by atoms with van der Waals surface area (Å²) < 4.78 is 5.39. The zero-order valence-corrected chi connectivity index (χ0v) is 11.7. The second-order valence-electron chi connectivity index (χ2n) is 4.87. The standard InChI is InChI=1S/C16H16N4O/c1-11-7-8-18-14(9-11)15-19-16(21-20-15)13(10-17)12-5-3-2-4-6-12/h2-9,13H,10,17H2,1H3. The van der Waals surface area contributed by atoms with Crippen molar-refractivity contribution in [3.05, 3.63) is 65.7 Å². The summed E-state index contributed by atoms with van der Waals surface area (Å²) in [6.45, 7) is 2.41. The van der Waals surface area contributed by atoms with E-state index < -0.39 is 0 Å². The molecule has 3 rings (SSSR count). The van der Waals surface area contributed by atoms with Crippen molar-refractivity contribution < 1.29 is 4.52 Å². The molecule has 21 heavy (non-hydrogen) atoms. The summed E-state index contributed by atoms with van der Waals surface area (Å²) in [6.07, 6.45) is 1.73. The average Bonchev–Trinajstić information content (AvgIpc) is 2.99. The summed E-state index contributed by atoms with van der Waals surface area (Å²) in [5.41, 5.74) is 8.73. The molecule has 5 nitrogen and oxygen atoms in total. The molecule has 0 spiro atoms. The van der Waals surface area contributed by atoms with Gasteiger partial charge < -0.3 is 10.3 Å². The van der Waals surface area contributed by atoms with Crippen molar-refractivity contribution in [1.82, 2.24) is 15.1 Å². The van der Waals surface area contributed by atoms with Crippen molar-refractivity contribution in [3.63, 3.8) is 0 Å². The molecule has 2 aromatic heterocycles. The molecule has 5 heteroatoms. The fourth-order valence-corrected chi connectivity index (χ4v) is 2.20. The SMILES string of the molecule is Cc1ccnc(-c2noc(C(CN)c3ccccc3)n2)c1. The van der Waals surface area contributed by atoms with E-state index in [1.807, 2.05) is 49.4 Å². The maximum Gasteiger partial charge on any atom is 0.235 e. The van der Waals surface area contributed by atoms with Crippen LogP contribution in [0.2, 0.25) is 0 Å². The minimum absolute atomic E-state index is 0.0998. The van der Waals surface area contributed by atoms with Gasteiger partial charge in [0.25, 0.3) is 0 Å². The van der Waals surface area contributed by atoms with Crippen LogP contribution in [0.3, 0.4) is 0 Å². The molecule has 106 valence electrons. The molecule has 1 unspecified atom stereocenters. The van der Waals surface area contributed by atoms with Crippen molar-refractivity contribution in [2.75, 3.05) is 6.54 Å². The third kappa shape index (κ3) is 2.83. The van der Waals surface area contributed by atoms with Crippen LogP contribution in [-0.4, -0.2) is 21.7 Å². The Labute approximate surface area is 122 Å². The molecule has 0 saturated heterocycles. The second-order valence-corrected chi connectivity index (χ2v) is 4.87. The summed E-state index contributed by atoms with van der Waals surface area (Å²) in [5, 5.41) is 4.02. The largest absolute Gasteiger partial charge is 0.338 e. The summed E-state index contributed by atoms with van der Waals surface area (Å²) in [6, 6.07) is 13.8. The van der Waals surface area contributed by atoms with E-state index in [9.17, 15) is 0 Å². The van der Waals surface area contributed by atoms with Gasteiger partial charge in [-0.25, -0.2) is 0 Å². The lowest BCUT2D eigenvalue weighted by Crippen LogP contribution is -2.14. The number of benzene rings is 1. The van der Waals surface area contributed by atoms with Crippen LogP contribution in [0, 0.1) is 6.92 Å². The molecule has 0 aliphatic carbocycles. The first-order chi connectivity index (χ1) is 10.3. The van der Waals surface area contributed by atoms with Gasteiger partial charge in [0, 0.05) is 12.7 Å². The molecular weight excluding hydrogens is 264 g/mol. The number of aryl methyl sites for hydroxylation is 1. The lowest BCUT2D eigenvalue weighted by molar-refractivity contribution is 0.367. The third-order valence-corrected chi connectivity index (χ3v) is 3.32. The van der Waals surface area contributed by atoms with E-state index in [0.29, 0.717) is 24.0 Å². The minimum Gasteiger partial charge on any atom is -0.338 e. The summed E-state index contributed by atoms with van der Waals surface area (Å²) in [4.78, 5) is 8.71. The highest BCUT2D eigenvalue weighted by Gasteiger charge is 2.20. The Morgan fingerprint density at radius 1 is 1.19 bits per heavy atom. The quantitative estimate of drug-likeness (QED) is 0.794. The van der Waals surface area contributed by atoms with Gasteiger partial charge in [0.05, 0.1) is 5.92 Å². The third-order valence-electron chi connectivity index (χ3n) is 3.32. The lowest BCUT2D eigenvalue weighted by Gasteiger charge is -2.09. The van der Waals surface area contributed by atoms with Crippen molar-refractivity contribution in [3.8, 4) is 11.5 Å². The first-order valence-electron chi connectivity index (χ1n) is 6.79. The predicted octanol–water partition coefficient (Wildman–Crippen LogP) is 2.53. The monoisotopic (exact) mass is 280 g/mol. The van der Waals surface area contributed by atoms with Crippen LogP contribution in [0.1, 0.15) is 22.9 Å². The van der Waals surface area contributed by atoms with Gasteiger partial charge in [-0.05, 0) is 30.2 Å². The Balaban J connectivity index is 1.94. The van der Waals surface area contributed by atoms with Crippen LogP contribution >= 0.6 is 0 Å². The van der Waals surface area contributed by atoms with Crippen LogP contribution in [0.25, 0.3) is 11.5 Å². The smallest absolute Gasteiger partial charge is 0.235 e. The van der Waals surface area contributed by atoms with Crippen LogP contribution < -0.4 is 5.73 Å². The van der Waals surface area contributed by atoms with Crippen molar-refractivity contribution in [2.45, 2.75) is 12.8 Å². The van der Waals surface area contributed by atoms with Gasteiger partial charge in [0.15, 0.2) is 0 Å². The zero-order valence-electron chi connectivity index (χ0n) is 11.7. The predicted molar refractivity (Wildman–Crippen MR) is 79.6 cm³/mol. The molecule has 2 heterocycles. The van der Waals surface area contributed by atoms with E-state index in [0.717, 1.165) is 11.1 Å². The molecule has 0 saturated carbocycles. The molecule has 3 aromatic rings. The molecular formula is C16H16N4O. The van der Waals surface area contributed by atoms with Crippen molar-refractivity contribution in [1.29, 1.82) is 0 Å². The molecule has 1 atom stereocenters. The first kappa shape index (κ1) is 13.5. The van der Waals surface area contributed by atoms with Gasteiger partial charge >= 0.3 is 0 Å². The molecule has 0 radical (unpaired) electrons. The Bertz CT molecular complexity index is 724. The maximum absolute atomic E-state index is 5.87. The van der Waals surface area contributed by atoms with Crippen molar-refractivity contribution >= 4 is 0 Å². The molecule has 2 N–H and O–H groups in total. The summed E-state index contributed by atoms with van der Waals surface area (Å²) >= 11 is 0. The number of rotatable bonds is 4. The number of hydrogen-bond acceptors (Lipinski definition) is 5. The lowest BCUT2D eigenvalue weighted by atomic mass is 9.99. The van der Waals surface area contributed by atoms with Gasteiger partial charge in [0.2, 0.25) is 11.7 Å². The number of pyridine rings is 1. The molecule has 0 bridgehead atoms. The summed E-state index contributed by atoms with van der Waals surface area (Å²) in [7, 11) is 0. The van der Waals surface area contributed by atoms with Gasteiger partial charge in [-0.3, -0.25) is 4.98 Å². The van der Waals surface area contributed by atoms with Crippen LogP contribution in [0.5, 0.6) is 0 Å². The summed E-state index contributed by atoms with van der Waals surface area (Å²) in [5.74, 6) is 0.905. The highest BCUT2D eigenvalue weighted by molar-refractivity contribution is 5.49.